The Morgan fingerprint density at radius 2 is 2.06 bits per heavy atom. The van der Waals surface area contributed by atoms with E-state index >= 15 is 0 Å². The third kappa shape index (κ3) is 3.29. The summed E-state index contributed by atoms with van der Waals surface area (Å²) in [5.74, 6) is 1.26. The van der Waals surface area contributed by atoms with Crippen LogP contribution in [-0.4, -0.2) is 28.1 Å². The maximum absolute atomic E-state index is 5.46. The van der Waals surface area contributed by atoms with Crippen molar-refractivity contribution in [3.63, 3.8) is 0 Å². The van der Waals surface area contributed by atoms with Gasteiger partial charge in [-0.2, -0.15) is 4.98 Å². The van der Waals surface area contributed by atoms with Crippen LogP contribution in [0.15, 0.2) is 4.52 Å². The molecular formula is C13H24N4O. The fourth-order valence-electron chi connectivity index (χ4n) is 2.61. The molecule has 5 heteroatoms. The molecule has 0 radical (unpaired) electrons. The van der Waals surface area contributed by atoms with Gasteiger partial charge in [0.2, 0.25) is 5.89 Å². The third-order valence-electron chi connectivity index (χ3n) is 4.01. The van der Waals surface area contributed by atoms with E-state index in [0.717, 1.165) is 12.4 Å². The van der Waals surface area contributed by atoms with Crippen LogP contribution in [0.3, 0.4) is 0 Å². The Labute approximate surface area is 109 Å². The second-order valence-corrected chi connectivity index (χ2v) is 6.12. The molecule has 1 saturated carbocycles. The van der Waals surface area contributed by atoms with E-state index in [1.807, 2.05) is 0 Å². The Morgan fingerprint density at radius 1 is 1.39 bits per heavy atom. The first kappa shape index (κ1) is 13.5. The SMILES string of the molecule is CN(Cc1noc(CN)n1)C1CCC(C)(C)CC1. The summed E-state index contributed by atoms with van der Waals surface area (Å²) >= 11 is 0. The molecule has 0 amide bonds. The maximum atomic E-state index is 5.46. The Bertz CT molecular complexity index is 378. The minimum absolute atomic E-state index is 0.314. The van der Waals surface area contributed by atoms with Crippen LogP contribution < -0.4 is 5.73 Å². The van der Waals surface area contributed by atoms with Gasteiger partial charge in [-0.3, -0.25) is 4.90 Å². The Balaban J connectivity index is 1.86. The predicted molar refractivity (Wildman–Crippen MR) is 69.7 cm³/mol. The average molecular weight is 252 g/mol. The molecule has 0 spiro atoms. The van der Waals surface area contributed by atoms with Crippen LogP contribution in [0.5, 0.6) is 0 Å². The van der Waals surface area contributed by atoms with Crippen LogP contribution in [-0.2, 0) is 13.1 Å². The molecular weight excluding hydrogens is 228 g/mol. The normalized spacial score (nSPS) is 20.5. The van der Waals surface area contributed by atoms with Gasteiger partial charge in [0.05, 0.1) is 13.1 Å². The lowest BCUT2D eigenvalue weighted by Crippen LogP contribution is -2.37. The topological polar surface area (TPSA) is 68.2 Å². The van der Waals surface area contributed by atoms with Crippen molar-refractivity contribution >= 4 is 0 Å². The summed E-state index contributed by atoms with van der Waals surface area (Å²) in [5, 5.41) is 3.94. The molecule has 102 valence electrons. The van der Waals surface area contributed by atoms with E-state index in [-0.39, 0.29) is 0 Å². The lowest BCUT2D eigenvalue weighted by Gasteiger charge is -2.38. The monoisotopic (exact) mass is 252 g/mol. The lowest BCUT2D eigenvalue weighted by molar-refractivity contribution is 0.120. The highest BCUT2D eigenvalue weighted by atomic mass is 16.5. The number of hydrogen-bond donors (Lipinski definition) is 1. The molecule has 0 bridgehead atoms. The first-order valence-corrected chi connectivity index (χ1v) is 6.72. The molecule has 18 heavy (non-hydrogen) atoms. The second kappa shape index (κ2) is 5.36. The lowest BCUT2D eigenvalue weighted by atomic mass is 9.75. The van der Waals surface area contributed by atoms with Crippen molar-refractivity contribution < 1.29 is 4.52 Å². The van der Waals surface area contributed by atoms with Crippen LogP contribution in [0, 0.1) is 5.41 Å². The zero-order valence-electron chi connectivity index (χ0n) is 11.6. The number of rotatable bonds is 4. The molecule has 0 atom stereocenters. The molecule has 1 heterocycles. The van der Waals surface area contributed by atoms with Crippen LogP contribution in [0.4, 0.5) is 0 Å². The molecule has 0 aliphatic heterocycles. The molecule has 2 rings (SSSR count). The van der Waals surface area contributed by atoms with Crippen molar-refractivity contribution in [2.75, 3.05) is 7.05 Å². The first-order chi connectivity index (χ1) is 8.50. The smallest absolute Gasteiger partial charge is 0.240 e. The van der Waals surface area contributed by atoms with E-state index in [2.05, 4.69) is 35.9 Å². The summed E-state index contributed by atoms with van der Waals surface area (Å²) in [5.41, 5.74) is 5.97. The molecule has 2 N–H and O–H groups in total. The number of nitrogens with two attached hydrogens (primary N) is 1. The van der Waals surface area contributed by atoms with E-state index in [1.165, 1.54) is 25.7 Å². The summed E-state index contributed by atoms with van der Waals surface area (Å²) < 4.78 is 5.02. The molecule has 0 aromatic carbocycles. The summed E-state index contributed by atoms with van der Waals surface area (Å²) in [7, 11) is 2.14. The van der Waals surface area contributed by atoms with Crippen LogP contribution in [0.1, 0.15) is 51.2 Å². The summed E-state index contributed by atoms with van der Waals surface area (Å²) in [6, 6.07) is 0.637. The van der Waals surface area contributed by atoms with Gasteiger partial charge in [0.1, 0.15) is 0 Å². The van der Waals surface area contributed by atoms with Crippen LogP contribution in [0.25, 0.3) is 0 Å². The van der Waals surface area contributed by atoms with Gasteiger partial charge in [-0.1, -0.05) is 19.0 Å². The van der Waals surface area contributed by atoms with Crippen molar-refractivity contribution in [1.82, 2.24) is 15.0 Å². The van der Waals surface area contributed by atoms with E-state index in [9.17, 15) is 0 Å². The van der Waals surface area contributed by atoms with Crippen LogP contribution in [0.2, 0.25) is 0 Å². The zero-order valence-corrected chi connectivity index (χ0v) is 11.6. The average Bonchev–Trinajstić information content (AvgIpc) is 2.76. The first-order valence-electron chi connectivity index (χ1n) is 6.72. The van der Waals surface area contributed by atoms with Crippen molar-refractivity contribution in [2.45, 2.75) is 58.7 Å². The van der Waals surface area contributed by atoms with Gasteiger partial charge in [-0.05, 0) is 38.1 Å². The largest absolute Gasteiger partial charge is 0.338 e. The molecule has 1 aromatic heterocycles. The zero-order chi connectivity index (χ0) is 13.2. The fourth-order valence-corrected chi connectivity index (χ4v) is 2.61. The molecule has 1 aromatic rings. The van der Waals surface area contributed by atoms with E-state index < -0.39 is 0 Å². The third-order valence-corrected chi connectivity index (χ3v) is 4.01. The standard InChI is InChI=1S/C13H24N4O/c1-13(2)6-4-10(5-7-13)17(3)9-11-15-12(8-14)18-16-11/h10H,4-9,14H2,1-3H3. The molecule has 1 aliphatic rings. The van der Waals surface area contributed by atoms with Gasteiger partial charge in [0, 0.05) is 6.04 Å². The molecule has 1 aliphatic carbocycles. The Morgan fingerprint density at radius 3 is 2.61 bits per heavy atom. The fraction of sp³-hybridized carbons (Fsp3) is 0.846. The van der Waals surface area contributed by atoms with Gasteiger partial charge in [-0.25, -0.2) is 0 Å². The van der Waals surface area contributed by atoms with Gasteiger partial charge in [-0.15, -0.1) is 0 Å². The predicted octanol–water partition coefficient (Wildman–Crippen LogP) is 1.93. The highest BCUT2D eigenvalue weighted by Crippen LogP contribution is 2.36. The van der Waals surface area contributed by atoms with E-state index in [4.69, 9.17) is 10.3 Å². The minimum atomic E-state index is 0.314. The van der Waals surface area contributed by atoms with E-state index in [1.54, 1.807) is 0 Å². The van der Waals surface area contributed by atoms with Gasteiger partial charge in [0.15, 0.2) is 5.82 Å². The van der Waals surface area contributed by atoms with Crippen molar-refractivity contribution in [1.29, 1.82) is 0 Å². The molecule has 0 saturated heterocycles. The number of hydrogen-bond acceptors (Lipinski definition) is 5. The highest BCUT2D eigenvalue weighted by molar-refractivity contribution is 4.88. The summed E-state index contributed by atoms with van der Waals surface area (Å²) in [6.07, 6.45) is 5.10. The molecule has 5 nitrogen and oxygen atoms in total. The Hall–Kier alpha value is -0.940. The minimum Gasteiger partial charge on any atom is -0.338 e. The quantitative estimate of drug-likeness (QED) is 0.886. The molecule has 0 unspecified atom stereocenters. The highest BCUT2D eigenvalue weighted by Gasteiger charge is 2.29. The maximum Gasteiger partial charge on any atom is 0.240 e. The second-order valence-electron chi connectivity index (χ2n) is 6.12. The number of aromatic nitrogens is 2. The van der Waals surface area contributed by atoms with Crippen molar-refractivity contribution in [3.8, 4) is 0 Å². The van der Waals surface area contributed by atoms with Gasteiger partial charge in [0.25, 0.3) is 0 Å². The molecule has 1 fully saturated rings. The summed E-state index contributed by atoms with van der Waals surface area (Å²) in [4.78, 5) is 6.58. The number of nitrogens with zero attached hydrogens (tertiary/aromatic N) is 3. The van der Waals surface area contributed by atoms with Gasteiger partial charge >= 0.3 is 0 Å². The Kier molecular flexibility index (Phi) is 4.02. The van der Waals surface area contributed by atoms with Crippen molar-refractivity contribution in [2.24, 2.45) is 11.1 Å². The van der Waals surface area contributed by atoms with Gasteiger partial charge < -0.3 is 10.3 Å². The van der Waals surface area contributed by atoms with Crippen molar-refractivity contribution in [3.05, 3.63) is 11.7 Å². The summed E-state index contributed by atoms with van der Waals surface area (Å²) in [6.45, 7) is 5.77. The van der Waals surface area contributed by atoms with Crippen LogP contribution >= 0.6 is 0 Å². The van der Waals surface area contributed by atoms with E-state index in [0.29, 0.717) is 23.9 Å².